The number of rotatable bonds is 3. The second-order valence-corrected chi connectivity index (χ2v) is 8.03. The molecule has 22 heavy (non-hydrogen) atoms. The van der Waals surface area contributed by atoms with Gasteiger partial charge in [0.25, 0.3) is 0 Å². The summed E-state index contributed by atoms with van der Waals surface area (Å²) in [4.78, 5) is -1.74. The van der Waals surface area contributed by atoms with Crippen molar-refractivity contribution in [2.75, 3.05) is 13.1 Å². The first-order valence-corrected chi connectivity index (χ1v) is 8.94. The van der Waals surface area contributed by atoms with Gasteiger partial charge in [-0.25, -0.2) is 12.8 Å². The van der Waals surface area contributed by atoms with Crippen LogP contribution in [0.2, 0.25) is 0 Å². The minimum Gasteiger partial charge on any atom is -0.328 e. The van der Waals surface area contributed by atoms with E-state index in [1.54, 1.807) is 0 Å². The molecule has 0 radical (unpaired) electrons. The first-order valence-electron chi connectivity index (χ1n) is 6.12. The van der Waals surface area contributed by atoms with E-state index in [0.29, 0.717) is 25.0 Å². The van der Waals surface area contributed by atoms with Crippen molar-refractivity contribution < 1.29 is 25.1 Å². The molecular weight excluding hydrogens is 362 g/mol. The average Bonchev–Trinajstić information content (AvgIpc) is 2.38. The number of hydrogen-bond acceptors (Lipinski definition) is 5. The number of sulfonamides is 1. The lowest BCUT2D eigenvalue weighted by molar-refractivity contribution is 0.320. The predicted octanol–water partition coefficient (Wildman–Crippen LogP) is 1.02. The van der Waals surface area contributed by atoms with Crippen LogP contribution in [-0.2, 0) is 20.2 Å². The third kappa shape index (κ3) is 3.93. The fourth-order valence-corrected chi connectivity index (χ4v) is 4.24. The van der Waals surface area contributed by atoms with Crippen molar-refractivity contribution in [3.63, 3.8) is 0 Å². The number of hydrogen-bond donors (Lipinski definition) is 1. The molecular formula is C11H15ClF2N2O4S2. The maximum absolute atomic E-state index is 13.3. The normalized spacial score (nSPS) is 18.0. The van der Waals surface area contributed by atoms with Crippen molar-refractivity contribution in [1.29, 1.82) is 0 Å². The van der Waals surface area contributed by atoms with E-state index in [9.17, 15) is 25.1 Å². The van der Waals surface area contributed by atoms with Crippen molar-refractivity contribution >= 4 is 32.7 Å². The van der Waals surface area contributed by atoms with E-state index < -0.39 is 35.9 Å². The van der Waals surface area contributed by atoms with Gasteiger partial charge in [0.05, 0.1) is 4.90 Å². The summed E-state index contributed by atoms with van der Waals surface area (Å²) in [5.74, 6) is -1.34. The molecule has 1 heterocycles. The van der Waals surface area contributed by atoms with Gasteiger partial charge in [-0.2, -0.15) is 12.7 Å². The van der Waals surface area contributed by atoms with Gasteiger partial charge >= 0.3 is 10.2 Å². The van der Waals surface area contributed by atoms with E-state index in [-0.39, 0.29) is 31.5 Å². The number of nitrogens with zero attached hydrogens (tertiary/aromatic N) is 1. The van der Waals surface area contributed by atoms with Crippen LogP contribution in [0.4, 0.5) is 8.28 Å². The van der Waals surface area contributed by atoms with Crippen molar-refractivity contribution in [2.45, 2.75) is 28.7 Å². The zero-order valence-corrected chi connectivity index (χ0v) is 13.7. The van der Waals surface area contributed by atoms with E-state index in [1.807, 2.05) is 0 Å². The Labute approximate surface area is 134 Å². The van der Waals surface area contributed by atoms with Gasteiger partial charge in [-0.1, -0.05) is 0 Å². The quantitative estimate of drug-likeness (QED) is 0.794. The topological polar surface area (TPSA) is 97.5 Å². The largest absolute Gasteiger partial charge is 0.335 e. The van der Waals surface area contributed by atoms with Crippen LogP contribution in [0.1, 0.15) is 12.8 Å². The summed E-state index contributed by atoms with van der Waals surface area (Å²) in [6.45, 7) is 0.358. The molecule has 1 saturated heterocycles. The highest BCUT2D eigenvalue weighted by Crippen LogP contribution is 2.25. The van der Waals surface area contributed by atoms with Gasteiger partial charge < -0.3 is 5.73 Å². The molecule has 1 aromatic carbocycles. The second kappa shape index (κ2) is 6.75. The molecule has 126 valence electrons. The highest BCUT2D eigenvalue weighted by atomic mass is 35.5. The summed E-state index contributed by atoms with van der Waals surface area (Å²) < 4.78 is 73.7. The standard InChI is InChI=1S/C11H14F2N2O4S2.ClH/c12-10-2-1-9(7-11(10)20(13,16)17)21(18,19)15-5-3-8(14)4-6-15;/h1-2,7-8H,3-6,14H2;1H. The van der Waals surface area contributed by atoms with Gasteiger partial charge in [-0.15, -0.1) is 16.3 Å². The molecule has 0 aromatic heterocycles. The highest BCUT2D eigenvalue weighted by molar-refractivity contribution is 7.89. The van der Waals surface area contributed by atoms with Crippen LogP contribution in [0.5, 0.6) is 0 Å². The van der Waals surface area contributed by atoms with Gasteiger partial charge in [0.15, 0.2) is 0 Å². The molecule has 2 N–H and O–H groups in total. The summed E-state index contributed by atoms with van der Waals surface area (Å²) in [7, 11) is -9.34. The minimum absolute atomic E-state index is 0. The average molecular weight is 377 g/mol. The lowest BCUT2D eigenvalue weighted by Crippen LogP contribution is -2.42. The molecule has 1 aliphatic rings. The Morgan fingerprint density at radius 1 is 1.14 bits per heavy atom. The maximum atomic E-state index is 13.3. The van der Waals surface area contributed by atoms with Crippen molar-refractivity contribution in [3.8, 4) is 0 Å². The van der Waals surface area contributed by atoms with Crippen molar-refractivity contribution in [3.05, 3.63) is 24.0 Å². The smallest absolute Gasteiger partial charge is 0.328 e. The fourth-order valence-electron chi connectivity index (χ4n) is 2.10. The molecule has 1 aromatic rings. The Morgan fingerprint density at radius 2 is 1.68 bits per heavy atom. The van der Waals surface area contributed by atoms with E-state index in [4.69, 9.17) is 5.73 Å². The molecule has 0 amide bonds. The van der Waals surface area contributed by atoms with Crippen LogP contribution in [0, 0.1) is 5.82 Å². The van der Waals surface area contributed by atoms with E-state index >= 15 is 0 Å². The summed E-state index contributed by atoms with van der Waals surface area (Å²) >= 11 is 0. The Bertz CT molecular complexity index is 747. The zero-order valence-electron chi connectivity index (χ0n) is 11.3. The number of piperidine rings is 1. The van der Waals surface area contributed by atoms with Crippen LogP contribution in [0.25, 0.3) is 0 Å². The number of halogens is 3. The van der Waals surface area contributed by atoms with Gasteiger partial charge in [0.2, 0.25) is 10.0 Å². The Morgan fingerprint density at radius 3 is 2.18 bits per heavy atom. The lowest BCUT2D eigenvalue weighted by Gasteiger charge is -2.29. The number of benzene rings is 1. The predicted molar refractivity (Wildman–Crippen MR) is 77.9 cm³/mol. The molecule has 0 saturated carbocycles. The van der Waals surface area contributed by atoms with Crippen LogP contribution < -0.4 is 5.73 Å². The molecule has 0 unspecified atom stereocenters. The summed E-state index contributed by atoms with van der Waals surface area (Å²) in [5.41, 5.74) is 5.68. The summed E-state index contributed by atoms with van der Waals surface area (Å²) in [5, 5.41) is 0. The second-order valence-electron chi connectivity index (χ2n) is 4.77. The van der Waals surface area contributed by atoms with Gasteiger partial charge in [0, 0.05) is 19.1 Å². The van der Waals surface area contributed by atoms with Crippen LogP contribution in [0.15, 0.2) is 28.0 Å². The van der Waals surface area contributed by atoms with Crippen LogP contribution in [-0.4, -0.2) is 40.3 Å². The van der Waals surface area contributed by atoms with Gasteiger partial charge in [-0.05, 0) is 31.0 Å². The summed E-state index contributed by atoms with van der Waals surface area (Å²) in [6.07, 6.45) is 0.934. The Hall–Kier alpha value is -0.810. The van der Waals surface area contributed by atoms with Crippen LogP contribution in [0.3, 0.4) is 0 Å². The lowest BCUT2D eigenvalue weighted by atomic mass is 10.1. The minimum atomic E-state index is -5.33. The van der Waals surface area contributed by atoms with Gasteiger partial charge in [-0.3, -0.25) is 0 Å². The first-order chi connectivity index (χ1) is 9.62. The molecule has 0 atom stereocenters. The molecule has 0 spiro atoms. The van der Waals surface area contributed by atoms with E-state index in [1.165, 1.54) is 0 Å². The molecule has 1 fully saturated rings. The molecule has 6 nitrogen and oxygen atoms in total. The van der Waals surface area contributed by atoms with E-state index in [0.717, 1.165) is 10.4 Å². The number of nitrogens with two attached hydrogens (primary N) is 1. The Kier molecular flexibility index (Phi) is 5.90. The fraction of sp³-hybridized carbons (Fsp3) is 0.455. The first kappa shape index (κ1) is 19.2. The molecule has 0 aliphatic carbocycles. The molecule has 1 aliphatic heterocycles. The molecule has 0 bridgehead atoms. The highest BCUT2D eigenvalue weighted by Gasteiger charge is 2.30. The third-order valence-corrected chi connectivity index (χ3v) is 6.03. The molecule has 11 heteroatoms. The monoisotopic (exact) mass is 376 g/mol. The zero-order chi connectivity index (χ0) is 15.8. The molecule has 2 rings (SSSR count). The van der Waals surface area contributed by atoms with Crippen molar-refractivity contribution in [1.82, 2.24) is 4.31 Å². The maximum Gasteiger partial charge on any atom is 0.335 e. The Balaban J connectivity index is 0.00000242. The van der Waals surface area contributed by atoms with Crippen LogP contribution >= 0.6 is 12.4 Å². The van der Waals surface area contributed by atoms with Gasteiger partial charge in [0.1, 0.15) is 10.7 Å². The summed E-state index contributed by atoms with van der Waals surface area (Å²) in [6, 6.07) is 1.93. The SMILES string of the molecule is Cl.NC1CCN(S(=O)(=O)c2ccc(F)c(S(=O)(=O)F)c2)CC1. The van der Waals surface area contributed by atoms with E-state index in [2.05, 4.69) is 0 Å². The third-order valence-electron chi connectivity index (χ3n) is 3.30. The van der Waals surface area contributed by atoms with Crippen molar-refractivity contribution in [2.24, 2.45) is 5.73 Å².